The first kappa shape index (κ1) is 18.5. The quantitative estimate of drug-likeness (QED) is 0.597. The number of pyridine rings is 1. The van der Waals surface area contributed by atoms with E-state index in [1.165, 1.54) is 19.2 Å². The fourth-order valence-electron chi connectivity index (χ4n) is 2.67. The molecule has 4 nitrogen and oxygen atoms in total. The molecule has 0 amide bonds. The Hall–Kier alpha value is -2.28. The zero-order valence-electron chi connectivity index (χ0n) is 13.7. The molecule has 7 heteroatoms. The monoisotopic (exact) mass is 390 g/mol. The van der Waals surface area contributed by atoms with E-state index < -0.39 is 16.9 Å². The maximum atomic E-state index is 14.3. The number of methoxy groups -OCH3 is 1. The van der Waals surface area contributed by atoms with Gasteiger partial charge in [0.05, 0.1) is 12.1 Å². The van der Waals surface area contributed by atoms with E-state index in [1.807, 2.05) is 12.1 Å². The number of rotatable bonds is 5. The molecule has 0 aliphatic rings. The Labute approximate surface area is 157 Å². The van der Waals surface area contributed by atoms with Crippen LogP contribution in [0.15, 0.2) is 54.9 Å². The lowest BCUT2D eigenvalue weighted by Gasteiger charge is -2.13. The highest BCUT2D eigenvalue weighted by molar-refractivity contribution is 7.78. The standard InChI is InChI=1S/C19H15ClFNO3S/c1-25-19-5-4-12(8-17(19)20)15-6-7-22-10-16(15)13-2-3-14(11-26(23)24)18(21)9-13/h2-10H,11H2,1H3,(H,23,24)/p-1. The number of hydrogen-bond acceptors (Lipinski definition) is 4. The van der Waals surface area contributed by atoms with E-state index in [0.29, 0.717) is 21.9 Å². The molecule has 0 radical (unpaired) electrons. The van der Waals surface area contributed by atoms with Crippen LogP contribution in [0, 0.1) is 5.82 Å². The van der Waals surface area contributed by atoms with Crippen molar-refractivity contribution in [2.75, 3.05) is 7.11 Å². The van der Waals surface area contributed by atoms with Crippen molar-refractivity contribution in [1.82, 2.24) is 4.98 Å². The van der Waals surface area contributed by atoms with E-state index in [0.717, 1.165) is 11.1 Å². The van der Waals surface area contributed by atoms with Gasteiger partial charge in [0.25, 0.3) is 0 Å². The van der Waals surface area contributed by atoms with Crippen LogP contribution in [0.4, 0.5) is 4.39 Å². The summed E-state index contributed by atoms with van der Waals surface area (Å²) in [6.07, 6.45) is 3.27. The summed E-state index contributed by atoms with van der Waals surface area (Å²) in [5, 5.41) is 0.465. The minimum Gasteiger partial charge on any atom is -0.772 e. The van der Waals surface area contributed by atoms with Gasteiger partial charge in [-0.1, -0.05) is 40.9 Å². The number of halogens is 2. The third-order valence-corrected chi connectivity index (χ3v) is 4.76. The third-order valence-electron chi connectivity index (χ3n) is 3.92. The molecular formula is C19H14ClFNO3S-. The van der Waals surface area contributed by atoms with Gasteiger partial charge < -0.3 is 9.29 Å². The summed E-state index contributed by atoms with van der Waals surface area (Å²) < 4.78 is 41.0. The average Bonchev–Trinajstić information content (AvgIpc) is 2.63. The van der Waals surface area contributed by atoms with E-state index in [4.69, 9.17) is 16.3 Å². The van der Waals surface area contributed by atoms with Crippen molar-refractivity contribution in [1.29, 1.82) is 0 Å². The number of aromatic nitrogens is 1. The molecule has 3 aromatic rings. The zero-order chi connectivity index (χ0) is 18.7. The van der Waals surface area contributed by atoms with E-state index in [1.54, 1.807) is 30.6 Å². The molecule has 3 rings (SSSR count). The Morgan fingerprint density at radius 1 is 1.15 bits per heavy atom. The van der Waals surface area contributed by atoms with Gasteiger partial charge in [0.15, 0.2) is 0 Å². The Bertz CT molecular complexity index is 981. The number of hydrogen-bond donors (Lipinski definition) is 0. The van der Waals surface area contributed by atoms with Gasteiger partial charge in [0.1, 0.15) is 11.6 Å². The molecule has 0 aliphatic carbocycles. The summed E-state index contributed by atoms with van der Waals surface area (Å²) in [5.41, 5.74) is 3.09. The van der Waals surface area contributed by atoms with Gasteiger partial charge in [-0.15, -0.1) is 0 Å². The summed E-state index contributed by atoms with van der Waals surface area (Å²) >= 11 is 3.87. The van der Waals surface area contributed by atoms with E-state index in [2.05, 4.69) is 4.98 Å². The average molecular weight is 391 g/mol. The summed E-state index contributed by atoms with van der Waals surface area (Å²) in [4.78, 5) is 4.13. The van der Waals surface area contributed by atoms with Crippen LogP contribution < -0.4 is 4.74 Å². The molecule has 1 unspecified atom stereocenters. The molecule has 1 aromatic heterocycles. The van der Waals surface area contributed by atoms with Gasteiger partial charge in [0.2, 0.25) is 0 Å². The molecule has 1 atom stereocenters. The molecule has 134 valence electrons. The minimum atomic E-state index is -2.35. The highest BCUT2D eigenvalue weighted by atomic mass is 35.5. The van der Waals surface area contributed by atoms with Crippen molar-refractivity contribution >= 4 is 22.7 Å². The third kappa shape index (κ3) is 3.93. The molecule has 0 saturated carbocycles. The summed E-state index contributed by atoms with van der Waals surface area (Å²) in [5.74, 6) is -0.374. The smallest absolute Gasteiger partial charge is 0.137 e. The fourth-order valence-corrected chi connectivity index (χ4v) is 3.41. The van der Waals surface area contributed by atoms with Gasteiger partial charge in [-0.25, -0.2) is 4.39 Å². The van der Waals surface area contributed by atoms with Crippen LogP contribution in [0.1, 0.15) is 5.56 Å². The van der Waals surface area contributed by atoms with Crippen molar-refractivity contribution in [2.24, 2.45) is 0 Å². The lowest BCUT2D eigenvalue weighted by Crippen LogP contribution is -1.97. The molecule has 26 heavy (non-hydrogen) atoms. The Balaban J connectivity index is 2.06. The van der Waals surface area contributed by atoms with Crippen LogP contribution in [0.25, 0.3) is 22.3 Å². The Morgan fingerprint density at radius 2 is 1.88 bits per heavy atom. The molecule has 0 bridgehead atoms. The summed E-state index contributed by atoms with van der Waals surface area (Å²) in [6, 6.07) is 11.7. The first-order valence-corrected chi connectivity index (χ1v) is 9.24. The molecule has 0 fully saturated rings. The number of benzene rings is 2. The van der Waals surface area contributed by atoms with Gasteiger partial charge in [-0.05, 0) is 46.5 Å². The lowest BCUT2D eigenvalue weighted by atomic mass is 9.96. The van der Waals surface area contributed by atoms with E-state index in [9.17, 15) is 13.2 Å². The Morgan fingerprint density at radius 3 is 2.54 bits per heavy atom. The SMILES string of the molecule is COc1ccc(-c2ccncc2-c2ccc(CS(=O)[O-])c(F)c2)cc1Cl. The van der Waals surface area contributed by atoms with Crippen LogP contribution in [0.2, 0.25) is 5.02 Å². The van der Waals surface area contributed by atoms with E-state index >= 15 is 0 Å². The second-order valence-electron chi connectivity index (χ2n) is 5.52. The second kappa shape index (κ2) is 7.95. The van der Waals surface area contributed by atoms with Gasteiger partial charge in [-0.2, -0.15) is 0 Å². The first-order chi connectivity index (χ1) is 12.5. The Kier molecular flexibility index (Phi) is 5.66. The van der Waals surface area contributed by atoms with Gasteiger partial charge in [-0.3, -0.25) is 9.19 Å². The van der Waals surface area contributed by atoms with Crippen LogP contribution in [-0.4, -0.2) is 20.9 Å². The highest BCUT2D eigenvalue weighted by Gasteiger charge is 2.12. The molecule has 1 heterocycles. The normalized spacial score (nSPS) is 12.0. The largest absolute Gasteiger partial charge is 0.772 e. The molecule has 0 spiro atoms. The molecule has 2 aromatic carbocycles. The minimum absolute atomic E-state index is 0.125. The topological polar surface area (TPSA) is 62.2 Å². The van der Waals surface area contributed by atoms with Gasteiger partial charge >= 0.3 is 0 Å². The van der Waals surface area contributed by atoms with Crippen molar-refractivity contribution in [3.8, 4) is 28.0 Å². The molecule has 0 saturated heterocycles. The van der Waals surface area contributed by atoms with Crippen molar-refractivity contribution in [3.63, 3.8) is 0 Å². The van der Waals surface area contributed by atoms with Crippen molar-refractivity contribution in [2.45, 2.75) is 5.75 Å². The maximum Gasteiger partial charge on any atom is 0.137 e. The van der Waals surface area contributed by atoms with Crippen molar-refractivity contribution < 1.29 is 17.9 Å². The summed E-state index contributed by atoms with van der Waals surface area (Å²) in [7, 11) is 1.54. The predicted molar refractivity (Wildman–Crippen MR) is 99.3 cm³/mol. The molecule has 0 N–H and O–H groups in total. The van der Waals surface area contributed by atoms with Crippen LogP contribution in [0.3, 0.4) is 0 Å². The summed E-state index contributed by atoms with van der Waals surface area (Å²) in [6.45, 7) is 0. The van der Waals surface area contributed by atoms with Crippen molar-refractivity contribution in [3.05, 3.63) is 71.3 Å². The highest BCUT2D eigenvalue weighted by Crippen LogP contribution is 2.35. The zero-order valence-corrected chi connectivity index (χ0v) is 15.3. The lowest BCUT2D eigenvalue weighted by molar-refractivity contribution is 0.415. The second-order valence-corrected chi connectivity index (χ2v) is 6.83. The van der Waals surface area contributed by atoms with Crippen LogP contribution in [0.5, 0.6) is 5.75 Å². The molecular weight excluding hydrogens is 377 g/mol. The van der Waals surface area contributed by atoms with Crippen LogP contribution in [-0.2, 0) is 16.8 Å². The predicted octanol–water partition coefficient (Wildman–Crippen LogP) is 4.60. The van der Waals surface area contributed by atoms with Gasteiger partial charge in [0, 0.05) is 23.7 Å². The fraction of sp³-hybridized carbons (Fsp3) is 0.105. The number of nitrogens with zero attached hydrogens (tertiary/aromatic N) is 1. The molecule has 0 aliphatic heterocycles. The van der Waals surface area contributed by atoms with E-state index in [-0.39, 0.29) is 11.3 Å². The first-order valence-electron chi connectivity index (χ1n) is 7.62. The maximum absolute atomic E-state index is 14.3. The number of ether oxygens (including phenoxy) is 1. The van der Waals surface area contributed by atoms with Crippen LogP contribution >= 0.6 is 11.6 Å².